The van der Waals surface area contributed by atoms with Crippen molar-refractivity contribution >= 4 is 5.78 Å². The average Bonchev–Trinajstić information content (AvgIpc) is 3.37. The van der Waals surface area contributed by atoms with Crippen LogP contribution in [0.5, 0.6) is 0 Å². The summed E-state index contributed by atoms with van der Waals surface area (Å²) in [6, 6.07) is 0. The van der Waals surface area contributed by atoms with Gasteiger partial charge in [0.05, 0.1) is 6.61 Å². The second-order valence-electron chi connectivity index (χ2n) is 7.50. The first-order valence-electron chi connectivity index (χ1n) is 13.1. The number of aliphatic hydroxyl groups excluding tert-OH is 1. The minimum atomic E-state index is 0.0656. The molecule has 0 radical (unpaired) electrons. The summed E-state index contributed by atoms with van der Waals surface area (Å²) in [7, 11) is 3.49. The lowest BCUT2D eigenvalue weighted by atomic mass is 9.95. The van der Waals surface area contributed by atoms with Crippen molar-refractivity contribution in [2.24, 2.45) is 11.6 Å². The summed E-state index contributed by atoms with van der Waals surface area (Å²) in [6.45, 7) is 19.4. The Bertz CT molecular complexity index is 420. The fourth-order valence-corrected chi connectivity index (χ4v) is 3.61. The fraction of sp³-hybridized carbons (Fsp3) is 0.885. The van der Waals surface area contributed by atoms with E-state index in [4.69, 9.17) is 21.4 Å². The molecular formula is C26H60N4O3. The first kappa shape index (κ1) is 39.1. The van der Waals surface area contributed by atoms with Crippen molar-refractivity contribution < 1.29 is 14.6 Å². The summed E-state index contributed by atoms with van der Waals surface area (Å²) in [5.41, 5.74) is 6.42. The molecule has 2 heterocycles. The fourth-order valence-electron chi connectivity index (χ4n) is 3.61. The van der Waals surface area contributed by atoms with Crippen LogP contribution in [-0.2, 0) is 9.53 Å². The third-order valence-electron chi connectivity index (χ3n) is 4.88. The lowest BCUT2D eigenvalue weighted by molar-refractivity contribution is -0.117. The quantitative estimate of drug-likeness (QED) is 0.331. The molecule has 0 bridgehead atoms. The van der Waals surface area contributed by atoms with Crippen molar-refractivity contribution in [2.45, 2.75) is 112 Å². The van der Waals surface area contributed by atoms with Gasteiger partial charge in [0.2, 0.25) is 0 Å². The van der Waals surface area contributed by atoms with E-state index in [1.165, 1.54) is 43.8 Å². The van der Waals surface area contributed by atoms with E-state index in [1.54, 1.807) is 20.2 Å². The highest BCUT2D eigenvalue weighted by Gasteiger charge is 2.43. The number of hydrogen-bond donors (Lipinski definition) is 3. The summed E-state index contributed by atoms with van der Waals surface area (Å²) in [6.07, 6.45) is 10.5. The van der Waals surface area contributed by atoms with Crippen LogP contribution in [0.2, 0.25) is 0 Å². The molecule has 0 aliphatic carbocycles. The number of nitrogens with zero attached hydrogens (tertiary/aromatic N) is 2. The van der Waals surface area contributed by atoms with Gasteiger partial charge in [0.1, 0.15) is 5.78 Å². The number of ketones is 1. The monoisotopic (exact) mass is 476 g/mol. The maximum absolute atomic E-state index is 10.2. The van der Waals surface area contributed by atoms with Crippen LogP contribution >= 0.6 is 0 Å². The van der Waals surface area contributed by atoms with Crippen molar-refractivity contribution in [3.8, 4) is 0 Å². The molecule has 2 aliphatic heterocycles. The Kier molecular flexibility index (Phi) is 34.2. The first-order chi connectivity index (χ1) is 15.8. The number of nitrogens with two attached hydrogens (primary N) is 2. The van der Waals surface area contributed by atoms with E-state index in [9.17, 15) is 4.79 Å². The molecule has 2 rings (SSSR count). The molecule has 5 N–H and O–H groups in total. The van der Waals surface area contributed by atoms with Gasteiger partial charge in [-0.25, -0.2) is 5.84 Å². The molecule has 2 saturated heterocycles. The van der Waals surface area contributed by atoms with Crippen LogP contribution < -0.4 is 11.6 Å². The molecule has 7 heteroatoms. The minimum Gasteiger partial charge on any atom is -0.401 e. The van der Waals surface area contributed by atoms with Gasteiger partial charge in [-0.2, -0.15) is 0 Å². The predicted octanol–water partition coefficient (Wildman–Crippen LogP) is 5.08. The van der Waals surface area contributed by atoms with Gasteiger partial charge < -0.3 is 25.4 Å². The molecular weight excluding hydrogens is 416 g/mol. The third-order valence-corrected chi connectivity index (χ3v) is 4.88. The number of fused-ring (bicyclic) bond motifs is 1. The molecule has 0 aromatic heterocycles. The van der Waals surface area contributed by atoms with Crippen molar-refractivity contribution in [1.29, 1.82) is 0 Å². The Morgan fingerprint density at radius 3 is 1.88 bits per heavy atom. The Hall–Kier alpha value is -1.15. The smallest absolute Gasteiger partial charge is 0.129 e. The molecule has 202 valence electrons. The van der Waals surface area contributed by atoms with E-state index in [0.29, 0.717) is 23.4 Å². The zero-order valence-corrected chi connectivity index (χ0v) is 23.9. The Morgan fingerprint density at radius 1 is 1.09 bits per heavy atom. The number of unbranched alkanes of at least 4 members (excludes halogenated alkanes) is 1. The molecule has 0 unspecified atom stereocenters. The van der Waals surface area contributed by atoms with Gasteiger partial charge >= 0.3 is 0 Å². The normalized spacial score (nSPS) is 15.3. The molecule has 0 aromatic carbocycles. The summed E-state index contributed by atoms with van der Waals surface area (Å²) in [5.74, 6) is 5.53. The molecule has 0 saturated carbocycles. The Balaban J connectivity index is -0.000000175. The second kappa shape index (κ2) is 28.9. The number of rotatable bonds is 8. The molecule has 0 spiro atoms. The van der Waals surface area contributed by atoms with E-state index < -0.39 is 0 Å². The van der Waals surface area contributed by atoms with Crippen LogP contribution in [-0.4, -0.2) is 66.8 Å². The maximum Gasteiger partial charge on any atom is 0.129 e. The van der Waals surface area contributed by atoms with Crippen molar-refractivity contribution in [3.63, 3.8) is 0 Å². The summed E-state index contributed by atoms with van der Waals surface area (Å²) >= 11 is 0. The van der Waals surface area contributed by atoms with Gasteiger partial charge in [0.25, 0.3) is 0 Å². The van der Waals surface area contributed by atoms with Crippen LogP contribution in [0.15, 0.2) is 11.9 Å². The molecule has 0 aromatic rings. The van der Waals surface area contributed by atoms with Gasteiger partial charge in [0.15, 0.2) is 0 Å². The van der Waals surface area contributed by atoms with Gasteiger partial charge in [-0.1, -0.05) is 54.9 Å². The van der Waals surface area contributed by atoms with E-state index in [-0.39, 0.29) is 6.61 Å². The van der Waals surface area contributed by atoms with Crippen molar-refractivity contribution in [2.75, 3.05) is 40.5 Å². The Morgan fingerprint density at radius 2 is 1.58 bits per heavy atom. The van der Waals surface area contributed by atoms with Crippen LogP contribution in [0.25, 0.3) is 0 Å². The van der Waals surface area contributed by atoms with E-state index >= 15 is 0 Å². The summed E-state index contributed by atoms with van der Waals surface area (Å²) < 4.78 is 5.29. The van der Waals surface area contributed by atoms with Crippen molar-refractivity contribution in [1.82, 2.24) is 9.91 Å². The van der Waals surface area contributed by atoms with Crippen molar-refractivity contribution in [3.05, 3.63) is 11.9 Å². The maximum atomic E-state index is 10.2. The third kappa shape index (κ3) is 22.4. The highest BCUT2D eigenvalue weighted by atomic mass is 16.5. The van der Waals surface area contributed by atoms with E-state index in [0.717, 1.165) is 25.9 Å². The lowest BCUT2D eigenvalue weighted by Crippen LogP contribution is -2.42. The predicted molar refractivity (Wildman–Crippen MR) is 145 cm³/mol. The van der Waals surface area contributed by atoms with Crippen LogP contribution in [0, 0.1) is 0 Å². The summed E-state index contributed by atoms with van der Waals surface area (Å²) in [4.78, 5) is 12.8. The Labute approximate surface area is 206 Å². The number of hydrogen-bond acceptors (Lipinski definition) is 7. The highest BCUT2D eigenvalue weighted by Crippen LogP contribution is 2.38. The summed E-state index contributed by atoms with van der Waals surface area (Å²) in [5, 5.41) is 9.72. The number of ether oxygens (including phenoxy) is 1. The number of carbonyl (C=O) groups is 1. The van der Waals surface area contributed by atoms with Crippen LogP contribution in [0.1, 0.15) is 107 Å². The topological polar surface area (TPSA) is 105 Å². The van der Waals surface area contributed by atoms with E-state index in [1.807, 2.05) is 48.7 Å². The first-order valence-corrected chi connectivity index (χ1v) is 13.1. The number of Topliss-reactive ketones (excluding diaryl/α,β-unsaturated/α-hetero) is 1. The van der Waals surface area contributed by atoms with Gasteiger partial charge in [0, 0.05) is 51.0 Å². The SMILES string of the molecule is CC.CC.CC.CCCCC(C)=O.CN(N)/C=C(\N)CCO.COCC12CCCN1CCC2. The van der Waals surface area contributed by atoms with Crippen LogP contribution in [0.3, 0.4) is 0 Å². The molecule has 0 atom stereocenters. The molecule has 0 amide bonds. The molecule has 2 aliphatic rings. The average molecular weight is 477 g/mol. The molecule has 7 nitrogen and oxygen atoms in total. The second-order valence-corrected chi connectivity index (χ2v) is 7.50. The van der Waals surface area contributed by atoms with Gasteiger partial charge in [-0.05, 0) is 52.1 Å². The number of aliphatic hydroxyl groups is 1. The zero-order valence-electron chi connectivity index (χ0n) is 23.9. The standard InChI is InChI=1S/C9H17NO.C6H12O.C5H13N3O.3C2H6/c1-11-8-9-4-2-6-10(9)7-3-5-9;1-3-4-5-6(2)7;1-8(7)4-5(6)2-3-9;3*1-2/h2-8H2,1H3;3-5H2,1-2H3;4,9H,2-3,6-7H2,1H3;3*1-2H3/b;;5-4-;;;. The number of hydrazine groups is 1. The minimum absolute atomic E-state index is 0.0656. The van der Waals surface area contributed by atoms with E-state index in [2.05, 4.69) is 11.8 Å². The zero-order chi connectivity index (χ0) is 26.7. The van der Waals surface area contributed by atoms with Gasteiger partial charge in [-0.15, -0.1) is 0 Å². The number of carbonyl (C=O) groups excluding carboxylic acids is 1. The number of methoxy groups -OCH3 is 1. The highest BCUT2D eigenvalue weighted by molar-refractivity contribution is 5.75. The largest absolute Gasteiger partial charge is 0.401 e. The lowest BCUT2D eigenvalue weighted by Gasteiger charge is -2.30. The van der Waals surface area contributed by atoms with Crippen LogP contribution in [0.4, 0.5) is 0 Å². The van der Waals surface area contributed by atoms with Gasteiger partial charge in [-0.3, -0.25) is 4.90 Å². The molecule has 33 heavy (non-hydrogen) atoms. The molecule has 2 fully saturated rings.